The molecule has 0 bridgehead atoms. The van der Waals surface area contributed by atoms with Crippen LogP contribution >= 0.6 is 11.3 Å². The van der Waals surface area contributed by atoms with Gasteiger partial charge in [-0.15, -0.1) is 11.3 Å². The van der Waals surface area contributed by atoms with E-state index >= 15 is 0 Å². The highest BCUT2D eigenvalue weighted by atomic mass is 32.3. The Kier molecular flexibility index (Phi) is 2.60. The van der Waals surface area contributed by atoms with E-state index in [1.54, 1.807) is 6.07 Å². The standard InChI is InChI=1S/C10H8O3S2/c11-15(12,13)10-7-6-9(14-10)8-4-2-1-3-5-8/h1-7H,(H,11,12,13). The predicted octanol–water partition coefficient (Wildman–Crippen LogP) is 2.66. The molecule has 0 unspecified atom stereocenters. The fraction of sp³-hybridized carbons (Fsp3) is 0. The Labute approximate surface area is 91.8 Å². The van der Waals surface area contributed by atoms with Gasteiger partial charge in [0.05, 0.1) is 0 Å². The normalized spacial score (nSPS) is 11.5. The second-order valence-corrected chi connectivity index (χ2v) is 5.69. The van der Waals surface area contributed by atoms with Crippen LogP contribution in [0.25, 0.3) is 10.4 Å². The van der Waals surface area contributed by atoms with Crippen molar-refractivity contribution in [2.24, 2.45) is 0 Å². The first-order chi connectivity index (χ1) is 7.07. The number of thiophene rings is 1. The van der Waals surface area contributed by atoms with E-state index in [-0.39, 0.29) is 4.21 Å². The molecule has 0 radical (unpaired) electrons. The molecule has 0 aliphatic carbocycles. The molecule has 78 valence electrons. The van der Waals surface area contributed by atoms with Gasteiger partial charge in [0.15, 0.2) is 0 Å². The summed E-state index contributed by atoms with van der Waals surface area (Å²) >= 11 is 1.05. The van der Waals surface area contributed by atoms with Gasteiger partial charge in [0.2, 0.25) is 0 Å². The largest absolute Gasteiger partial charge is 0.304 e. The van der Waals surface area contributed by atoms with Crippen LogP contribution in [0.4, 0.5) is 0 Å². The van der Waals surface area contributed by atoms with Crippen molar-refractivity contribution >= 4 is 21.5 Å². The smallest absolute Gasteiger partial charge is 0.281 e. The molecule has 0 fully saturated rings. The number of hydrogen-bond acceptors (Lipinski definition) is 3. The highest BCUT2D eigenvalue weighted by molar-refractivity contribution is 7.88. The molecule has 0 atom stereocenters. The maximum Gasteiger partial charge on any atom is 0.304 e. The van der Waals surface area contributed by atoms with Gasteiger partial charge in [-0.1, -0.05) is 30.3 Å². The summed E-state index contributed by atoms with van der Waals surface area (Å²) in [4.78, 5) is 0.822. The maximum absolute atomic E-state index is 10.8. The summed E-state index contributed by atoms with van der Waals surface area (Å²) in [5, 5.41) is 0. The Morgan fingerprint density at radius 1 is 1.00 bits per heavy atom. The van der Waals surface area contributed by atoms with Crippen molar-refractivity contribution in [3.63, 3.8) is 0 Å². The molecule has 1 aromatic carbocycles. The molecule has 5 heteroatoms. The minimum atomic E-state index is -4.07. The van der Waals surface area contributed by atoms with Gasteiger partial charge in [0.1, 0.15) is 4.21 Å². The van der Waals surface area contributed by atoms with Crippen molar-refractivity contribution < 1.29 is 13.0 Å². The summed E-state index contributed by atoms with van der Waals surface area (Å²) in [6.45, 7) is 0. The van der Waals surface area contributed by atoms with Gasteiger partial charge in [-0.25, -0.2) is 0 Å². The highest BCUT2D eigenvalue weighted by Crippen LogP contribution is 2.30. The summed E-state index contributed by atoms with van der Waals surface area (Å²) in [6, 6.07) is 12.5. The molecule has 0 amide bonds. The van der Waals surface area contributed by atoms with Gasteiger partial charge < -0.3 is 0 Å². The van der Waals surface area contributed by atoms with E-state index in [9.17, 15) is 8.42 Å². The van der Waals surface area contributed by atoms with Gasteiger partial charge >= 0.3 is 10.1 Å². The molecule has 0 aliphatic heterocycles. The van der Waals surface area contributed by atoms with Crippen LogP contribution in [0.5, 0.6) is 0 Å². The number of benzene rings is 1. The zero-order valence-electron chi connectivity index (χ0n) is 7.62. The van der Waals surface area contributed by atoms with Crippen LogP contribution in [0, 0.1) is 0 Å². The van der Waals surface area contributed by atoms with Gasteiger partial charge in [0.25, 0.3) is 0 Å². The SMILES string of the molecule is O=S(=O)(O)c1ccc(-c2ccccc2)s1. The van der Waals surface area contributed by atoms with Crippen molar-refractivity contribution in [1.82, 2.24) is 0 Å². The Morgan fingerprint density at radius 3 is 2.20 bits per heavy atom. The average Bonchev–Trinajstić information content (AvgIpc) is 2.67. The van der Waals surface area contributed by atoms with Gasteiger partial charge in [-0.05, 0) is 17.7 Å². The lowest BCUT2D eigenvalue weighted by molar-refractivity contribution is 0.485. The van der Waals surface area contributed by atoms with Crippen LogP contribution < -0.4 is 0 Å². The molecule has 15 heavy (non-hydrogen) atoms. The Balaban J connectivity index is 2.46. The third-order valence-electron chi connectivity index (χ3n) is 1.89. The van der Waals surface area contributed by atoms with Gasteiger partial charge in [-0.3, -0.25) is 4.55 Å². The summed E-state index contributed by atoms with van der Waals surface area (Å²) in [5.74, 6) is 0. The highest BCUT2D eigenvalue weighted by Gasteiger charge is 2.13. The van der Waals surface area contributed by atoms with E-state index in [0.717, 1.165) is 21.8 Å². The molecule has 0 saturated carbocycles. The average molecular weight is 240 g/mol. The van der Waals surface area contributed by atoms with Gasteiger partial charge in [0, 0.05) is 4.88 Å². The van der Waals surface area contributed by atoms with E-state index in [1.807, 2.05) is 30.3 Å². The van der Waals surface area contributed by atoms with Crippen molar-refractivity contribution in [2.45, 2.75) is 4.21 Å². The Hall–Kier alpha value is -1.17. The van der Waals surface area contributed by atoms with Crippen molar-refractivity contribution in [3.05, 3.63) is 42.5 Å². The van der Waals surface area contributed by atoms with Crippen molar-refractivity contribution in [1.29, 1.82) is 0 Å². The topological polar surface area (TPSA) is 54.4 Å². The number of rotatable bonds is 2. The van der Waals surface area contributed by atoms with E-state index in [4.69, 9.17) is 4.55 Å². The molecule has 0 spiro atoms. The maximum atomic E-state index is 10.8. The van der Waals surface area contributed by atoms with Gasteiger partial charge in [-0.2, -0.15) is 8.42 Å². The molecule has 3 nitrogen and oxygen atoms in total. The van der Waals surface area contributed by atoms with Crippen LogP contribution in [-0.2, 0) is 10.1 Å². The third kappa shape index (κ3) is 2.26. The Morgan fingerprint density at radius 2 is 1.67 bits per heavy atom. The molecular weight excluding hydrogens is 232 g/mol. The lowest BCUT2D eigenvalue weighted by Gasteiger charge is -1.94. The first-order valence-corrected chi connectivity index (χ1v) is 6.46. The lowest BCUT2D eigenvalue weighted by atomic mass is 10.2. The molecular formula is C10H8O3S2. The van der Waals surface area contributed by atoms with Crippen LogP contribution in [0.2, 0.25) is 0 Å². The van der Waals surface area contributed by atoms with E-state index < -0.39 is 10.1 Å². The molecule has 0 saturated heterocycles. The van der Waals surface area contributed by atoms with E-state index in [1.165, 1.54) is 6.07 Å². The second kappa shape index (κ2) is 3.77. The summed E-state index contributed by atoms with van der Waals surface area (Å²) in [6.07, 6.45) is 0. The zero-order chi connectivity index (χ0) is 10.9. The van der Waals surface area contributed by atoms with Crippen molar-refractivity contribution in [3.8, 4) is 10.4 Å². The molecule has 2 aromatic rings. The summed E-state index contributed by atoms with van der Waals surface area (Å²) in [7, 11) is -4.07. The summed E-state index contributed by atoms with van der Waals surface area (Å²) in [5.41, 5.74) is 0.942. The van der Waals surface area contributed by atoms with Crippen LogP contribution in [0.3, 0.4) is 0 Å². The molecule has 2 rings (SSSR count). The monoisotopic (exact) mass is 240 g/mol. The van der Waals surface area contributed by atoms with Crippen LogP contribution in [-0.4, -0.2) is 13.0 Å². The van der Waals surface area contributed by atoms with Crippen LogP contribution in [0.15, 0.2) is 46.7 Å². The van der Waals surface area contributed by atoms with Crippen LogP contribution in [0.1, 0.15) is 0 Å². The quantitative estimate of drug-likeness (QED) is 0.821. The van der Waals surface area contributed by atoms with E-state index in [0.29, 0.717) is 0 Å². The second-order valence-electron chi connectivity index (χ2n) is 2.96. The predicted molar refractivity (Wildman–Crippen MR) is 59.6 cm³/mol. The van der Waals surface area contributed by atoms with E-state index in [2.05, 4.69) is 0 Å². The first-order valence-electron chi connectivity index (χ1n) is 4.20. The molecule has 1 aromatic heterocycles. The third-order valence-corrected chi connectivity index (χ3v) is 4.35. The molecule has 1 N–H and O–H groups in total. The molecule has 1 heterocycles. The molecule has 0 aliphatic rings. The fourth-order valence-electron chi connectivity index (χ4n) is 1.22. The fourth-order valence-corrected chi connectivity index (χ4v) is 2.89. The minimum Gasteiger partial charge on any atom is -0.281 e. The Bertz CT molecular complexity index is 555. The number of hydrogen-bond donors (Lipinski definition) is 1. The first kappa shape index (κ1) is 10.4. The lowest BCUT2D eigenvalue weighted by Crippen LogP contribution is -1.92. The summed E-state index contributed by atoms with van der Waals surface area (Å²) < 4.78 is 30.5. The van der Waals surface area contributed by atoms with Crippen molar-refractivity contribution in [2.75, 3.05) is 0 Å². The zero-order valence-corrected chi connectivity index (χ0v) is 9.25. The minimum absolute atomic E-state index is 0.0265.